The first-order valence-electron chi connectivity index (χ1n) is 6.93. The number of benzene rings is 1. The van der Waals surface area contributed by atoms with Crippen molar-refractivity contribution in [3.63, 3.8) is 0 Å². The van der Waals surface area contributed by atoms with E-state index in [0.29, 0.717) is 21.0 Å². The van der Waals surface area contributed by atoms with Gasteiger partial charge in [-0.3, -0.25) is 0 Å². The quantitative estimate of drug-likeness (QED) is 0.711. The van der Waals surface area contributed by atoms with Gasteiger partial charge >= 0.3 is 0 Å². The van der Waals surface area contributed by atoms with Crippen LogP contribution in [0.1, 0.15) is 50.1 Å². The Labute approximate surface area is 128 Å². The maximum Gasteiger partial charge on any atom is 0.129 e. The van der Waals surface area contributed by atoms with Gasteiger partial charge in [-0.1, -0.05) is 43.7 Å². The van der Waals surface area contributed by atoms with E-state index >= 15 is 0 Å². The smallest absolute Gasteiger partial charge is 0.129 e. The van der Waals surface area contributed by atoms with Crippen LogP contribution in [0.25, 0.3) is 0 Å². The molecule has 0 aromatic heterocycles. The number of nitrogens with one attached hydrogen (secondary N) is 1. The van der Waals surface area contributed by atoms with Gasteiger partial charge in [0.2, 0.25) is 0 Å². The Kier molecular flexibility index (Phi) is 5.67. The highest BCUT2D eigenvalue weighted by molar-refractivity contribution is 9.10. The van der Waals surface area contributed by atoms with E-state index in [1.807, 2.05) is 7.05 Å². The highest BCUT2D eigenvalue weighted by Crippen LogP contribution is 2.35. The maximum absolute atomic E-state index is 14.1. The van der Waals surface area contributed by atoms with Crippen LogP contribution in [0.2, 0.25) is 5.02 Å². The normalized spacial score (nSPS) is 18.5. The van der Waals surface area contributed by atoms with Gasteiger partial charge in [0.15, 0.2) is 0 Å². The van der Waals surface area contributed by atoms with Crippen molar-refractivity contribution in [2.24, 2.45) is 5.92 Å². The molecule has 2 rings (SSSR count). The zero-order valence-corrected chi connectivity index (χ0v) is 13.5. The molecule has 0 bridgehead atoms. The fourth-order valence-electron chi connectivity index (χ4n) is 2.96. The van der Waals surface area contributed by atoms with E-state index in [9.17, 15) is 4.39 Å². The van der Waals surface area contributed by atoms with Crippen molar-refractivity contribution in [3.05, 3.63) is 33.0 Å². The molecule has 1 aromatic carbocycles. The number of hydrogen-bond acceptors (Lipinski definition) is 1. The number of hydrogen-bond donors (Lipinski definition) is 1. The molecule has 106 valence electrons. The van der Waals surface area contributed by atoms with Crippen LogP contribution >= 0.6 is 27.5 Å². The van der Waals surface area contributed by atoms with Crippen molar-refractivity contribution in [3.8, 4) is 0 Å². The Balaban J connectivity index is 2.14. The summed E-state index contributed by atoms with van der Waals surface area (Å²) >= 11 is 9.35. The van der Waals surface area contributed by atoms with Crippen LogP contribution in [0.15, 0.2) is 16.6 Å². The summed E-state index contributed by atoms with van der Waals surface area (Å²) in [6, 6.07) is 3.25. The van der Waals surface area contributed by atoms with Crippen LogP contribution < -0.4 is 5.32 Å². The van der Waals surface area contributed by atoms with Gasteiger partial charge in [0.1, 0.15) is 5.82 Å². The Hall–Kier alpha value is -0.120. The molecule has 1 unspecified atom stereocenters. The molecular weight excluding hydrogens is 329 g/mol. The van der Waals surface area contributed by atoms with Gasteiger partial charge in [0.05, 0.1) is 5.02 Å². The van der Waals surface area contributed by atoms with E-state index in [1.54, 1.807) is 6.07 Å². The average Bonchev–Trinajstić information content (AvgIpc) is 2.42. The topological polar surface area (TPSA) is 12.0 Å². The van der Waals surface area contributed by atoms with Crippen LogP contribution in [0, 0.1) is 11.7 Å². The largest absolute Gasteiger partial charge is 0.313 e. The minimum atomic E-state index is -0.188. The highest BCUT2D eigenvalue weighted by Gasteiger charge is 2.22. The third kappa shape index (κ3) is 3.93. The van der Waals surface area contributed by atoms with Gasteiger partial charge in [-0.25, -0.2) is 4.39 Å². The van der Waals surface area contributed by atoms with E-state index < -0.39 is 0 Å². The SMILES string of the molecule is CNC(CC1CCCCC1)c1cc(Cl)c(Br)cc1F. The molecule has 1 aliphatic carbocycles. The molecule has 0 heterocycles. The van der Waals surface area contributed by atoms with Crippen molar-refractivity contribution in [2.75, 3.05) is 7.05 Å². The molecule has 1 aromatic rings. The first-order valence-corrected chi connectivity index (χ1v) is 8.10. The Bertz CT molecular complexity index is 432. The van der Waals surface area contributed by atoms with Crippen molar-refractivity contribution >= 4 is 27.5 Å². The van der Waals surface area contributed by atoms with E-state index in [-0.39, 0.29) is 11.9 Å². The van der Waals surface area contributed by atoms with Crippen molar-refractivity contribution in [2.45, 2.75) is 44.6 Å². The molecule has 1 fully saturated rings. The predicted octanol–water partition coefficient (Wildman–Crippen LogP) is 5.47. The van der Waals surface area contributed by atoms with Crippen LogP contribution in [0.4, 0.5) is 4.39 Å². The summed E-state index contributed by atoms with van der Waals surface area (Å²) < 4.78 is 14.7. The van der Waals surface area contributed by atoms with Gasteiger partial charge in [-0.2, -0.15) is 0 Å². The second-order valence-electron chi connectivity index (χ2n) is 5.37. The molecule has 1 nitrogen and oxygen atoms in total. The standard InChI is InChI=1S/C15H20BrClFN/c1-19-15(7-10-5-3-2-4-6-10)11-8-13(17)12(16)9-14(11)18/h8-10,15,19H,2-7H2,1H3. The molecule has 0 radical (unpaired) electrons. The summed E-state index contributed by atoms with van der Waals surface area (Å²) in [5.41, 5.74) is 0.682. The highest BCUT2D eigenvalue weighted by atomic mass is 79.9. The molecule has 1 saturated carbocycles. The molecular formula is C15H20BrClFN. The van der Waals surface area contributed by atoms with E-state index in [2.05, 4.69) is 21.2 Å². The molecule has 0 aliphatic heterocycles. The predicted molar refractivity (Wildman–Crippen MR) is 82.1 cm³/mol. The summed E-state index contributed by atoms with van der Waals surface area (Å²) in [4.78, 5) is 0. The zero-order chi connectivity index (χ0) is 13.8. The van der Waals surface area contributed by atoms with Gasteiger partial charge in [0, 0.05) is 16.1 Å². The molecule has 1 N–H and O–H groups in total. The van der Waals surface area contributed by atoms with Crippen molar-refractivity contribution in [1.29, 1.82) is 0 Å². The first kappa shape index (κ1) is 15.3. The van der Waals surface area contributed by atoms with E-state index in [1.165, 1.54) is 38.2 Å². The van der Waals surface area contributed by atoms with Gasteiger partial charge in [-0.05, 0) is 47.4 Å². The van der Waals surface area contributed by atoms with Crippen molar-refractivity contribution < 1.29 is 4.39 Å². The summed E-state index contributed by atoms with van der Waals surface area (Å²) in [5.74, 6) is 0.513. The third-order valence-corrected chi connectivity index (χ3v) is 5.25. The molecule has 19 heavy (non-hydrogen) atoms. The number of halogens is 3. The Morgan fingerprint density at radius 2 is 2.05 bits per heavy atom. The summed E-state index contributed by atoms with van der Waals surface area (Å²) in [5, 5.41) is 3.81. The minimum absolute atomic E-state index is 0.0497. The van der Waals surface area contributed by atoms with Crippen LogP contribution in [-0.2, 0) is 0 Å². The fraction of sp³-hybridized carbons (Fsp3) is 0.600. The second kappa shape index (κ2) is 7.05. The fourth-order valence-corrected chi connectivity index (χ4v) is 3.45. The summed E-state index contributed by atoms with van der Waals surface area (Å²) in [6.07, 6.45) is 7.49. The Morgan fingerprint density at radius 1 is 1.37 bits per heavy atom. The average molecular weight is 349 g/mol. The maximum atomic E-state index is 14.1. The third-order valence-electron chi connectivity index (χ3n) is 4.06. The molecule has 4 heteroatoms. The summed E-state index contributed by atoms with van der Waals surface area (Å²) in [7, 11) is 1.89. The van der Waals surface area contributed by atoms with Gasteiger partial charge in [0.25, 0.3) is 0 Å². The van der Waals surface area contributed by atoms with Crippen molar-refractivity contribution in [1.82, 2.24) is 5.32 Å². The van der Waals surface area contributed by atoms with Crippen LogP contribution in [0.5, 0.6) is 0 Å². The second-order valence-corrected chi connectivity index (χ2v) is 6.63. The molecule has 1 aliphatic rings. The van der Waals surface area contributed by atoms with Gasteiger partial charge in [-0.15, -0.1) is 0 Å². The lowest BCUT2D eigenvalue weighted by atomic mass is 9.83. The Morgan fingerprint density at radius 3 is 2.68 bits per heavy atom. The molecule has 0 saturated heterocycles. The monoisotopic (exact) mass is 347 g/mol. The summed E-state index contributed by atoms with van der Waals surface area (Å²) in [6.45, 7) is 0. The lowest BCUT2D eigenvalue weighted by molar-refractivity contribution is 0.303. The van der Waals surface area contributed by atoms with Gasteiger partial charge < -0.3 is 5.32 Å². The molecule has 1 atom stereocenters. The lowest BCUT2D eigenvalue weighted by Crippen LogP contribution is -2.22. The lowest BCUT2D eigenvalue weighted by Gasteiger charge is -2.27. The zero-order valence-electron chi connectivity index (χ0n) is 11.2. The first-order chi connectivity index (χ1) is 9.11. The van der Waals surface area contributed by atoms with Crippen LogP contribution in [-0.4, -0.2) is 7.05 Å². The van der Waals surface area contributed by atoms with Crippen LogP contribution in [0.3, 0.4) is 0 Å². The molecule has 0 spiro atoms. The van der Waals surface area contributed by atoms with E-state index in [4.69, 9.17) is 11.6 Å². The minimum Gasteiger partial charge on any atom is -0.313 e. The van der Waals surface area contributed by atoms with E-state index in [0.717, 1.165) is 6.42 Å². The number of rotatable bonds is 4. The molecule has 0 amide bonds.